The first kappa shape index (κ1) is 13.8. The van der Waals surface area contributed by atoms with Gasteiger partial charge in [0.05, 0.1) is 24.9 Å². The largest absolute Gasteiger partial charge is 0.394 e. The van der Waals surface area contributed by atoms with E-state index in [0.717, 1.165) is 31.7 Å². The molecule has 1 aromatic heterocycles. The van der Waals surface area contributed by atoms with Gasteiger partial charge in [0.15, 0.2) is 0 Å². The first-order valence-corrected chi connectivity index (χ1v) is 6.44. The van der Waals surface area contributed by atoms with Crippen molar-refractivity contribution in [1.29, 1.82) is 0 Å². The van der Waals surface area contributed by atoms with Crippen LogP contribution in [0.3, 0.4) is 0 Å². The zero-order valence-corrected chi connectivity index (χ0v) is 10.8. The standard InChI is InChI=1S/C13H19N3O3/c14-13(18)10-1-2-12(15-9-10)16-5-3-11(4-6-16)19-8-7-17/h1-2,9,11,17H,3-8H2,(H2,14,18). The molecule has 1 aliphatic heterocycles. The van der Waals surface area contributed by atoms with Crippen LogP contribution < -0.4 is 10.6 Å². The minimum absolute atomic E-state index is 0.0658. The van der Waals surface area contributed by atoms with Gasteiger partial charge in [0.1, 0.15) is 5.82 Å². The fourth-order valence-corrected chi connectivity index (χ4v) is 2.19. The Morgan fingerprint density at radius 2 is 2.21 bits per heavy atom. The number of hydrogen-bond donors (Lipinski definition) is 2. The second kappa shape index (κ2) is 6.49. The Morgan fingerprint density at radius 3 is 2.74 bits per heavy atom. The van der Waals surface area contributed by atoms with Gasteiger partial charge in [0.2, 0.25) is 5.91 Å². The van der Waals surface area contributed by atoms with Crippen LogP contribution in [0.5, 0.6) is 0 Å². The number of pyridine rings is 1. The number of carbonyl (C=O) groups excluding carboxylic acids is 1. The van der Waals surface area contributed by atoms with Crippen LogP contribution in [0.4, 0.5) is 5.82 Å². The summed E-state index contributed by atoms with van der Waals surface area (Å²) in [6, 6.07) is 3.51. The van der Waals surface area contributed by atoms with E-state index in [1.165, 1.54) is 6.20 Å². The number of rotatable bonds is 5. The third kappa shape index (κ3) is 3.65. The maximum absolute atomic E-state index is 11.0. The molecule has 2 heterocycles. The van der Waals surface area contributed by atoms with Gasteiger partial charge in [0.25, 0.3) is 0 Å². The first-order chi connectivity index (χ1) is 9.20. The van der Waals surface area contributed by atoms with Gasteiger partial charge in [-0.2, -0.15) is 0 Å². The molecule has 1 saturated heterocycles. The molecule has 1 aliphatic rings. The highest BCUT2D eigenvalue weighted by atomic mass is 16.5. The number of aromatic nitrogens is 1. The number of nitrogens with two attached hydrogens (primary N) is 1. The van der Waals surface area contributed by atoms with Crippen LogP contribution in [0.25, 0.3) is 0 Å². The fourth-order valence-electron chi connectivity index (χ4n) is 2.19. The summed E-state index contributed by atoms with van der Waals surface area (Å²) in [5.74, 6) is 0.390. The molecule has 0 radical (unpaired) electrons. The summed E-state index contributed by atoms with van der Waals surface area (Å²) in [7, 11) is 0. The Morgan fingerprint density at radius 1 is 1.47 bits per heavy atom. The van der Waals surface area contributed by atoms with Crippen LogP contribution in [-0.2, 0) is 4.74 Å². The summed E-state index contributed by atoms with van der Waals surface area (Å²) >= 11 is 0. The number of carbonyl (C=O) groups is 1. The van der Waals surface area contributed by atoms with E-state index in [4.69, 9.17) is 15.6 Å². The smallest absolute Gasteiger partial charge is 0.250 e. The number of aliphatic hydroxyl groups excluding tert-OH is 1. The Balaban J connectivity index is 1.88. The number of nitrogens with zero attached hydrogens (tertiary/aromatic N) is 2. The lowest BCUT2D eigenvalue weighted by atomic mass is 10.1. The van der Waals surface area contributed by atoms with Crippen molar-refractivity contribution in [3.05, 3.63) is 23.9 Å². The van der Waals surface area contributed by atoms with Gasteiger partial charge < -0.3 is 20.5 Å². The number of primary amides is 1. The van der Waals surface area contributed by atoms with Crippen LogP contribution >= 0.6 is 0 Å². The van der Waals surface area contributed by atoms with E-state index < -0.39 is 5.91 Å². The third-order valence-electron chi connectivity index (χ3n) is 3.24. The van der Waals surface area contributed by atoms with Crippen LogP contribution in [0.1, 0.15) is 23.2 Å². The summed E-state index contributed by atoms with van der Waals surface area (Å²) in [5.41, 5.74) is 5.60. The highest BCUT2D eigenvalue weighted by Crippen LogP contribution is 2.19. The normalized spacial score (nSPS) is 16.6. The predicted octanol–water partition coefficient (Wildman–Crippen LogP) is 0.158. The fraction of sp³-hybridized carbons (Fsp3) is 0.538. The van der Waals surface area contributed by atoms with Crippen LogP contribution in [0.15, 0.2) is 18.3 Å². The number of anilines is 1. The van der Waals surface area contributed by atoms with E-state index >= 15 is 0 Å². The predicted molar refractivity (Wildman–Crippen MR) is 71.0 cm³/mol. The van der Waals surface area contributed by atoms with Gasteiger partial charge in [0, 0.05) is 19.3 Å². The van der Waals surface area contributed by atoms with E-state index in [1.807, 2.05) is 6.07 Å². The quantitative estimate of drug-likeness (QED) is 0.791. The van der Waals surface area contributed by atoms with Crippen molar-refractivity contribution < 1.29 is 14.6 Å². The molecule has 0 atom stereocenters. The van der Waals surface area contributed by atoms with E-state index in [-0.39, 0.29) is 12.7 Å². The molecule has 6 nitrogen and oxygen atoms in total. The topological polar surface area (TPSA) is 88.7 Å². The average molecular weight is 265 g/mol. The monoisotopic (exact) mass is 265 g/mol. The Labute approximate surface area is 112 Å². The second-order valence-electron chi connectivity index (χ2n) is 4.55. The lowest BCUT2D eigenvalue weighted by Crippen LogP contribution is -2.37. The Bertz CT molecular complexity index is 414. The van der Waals surface area contributed by atoms with Gasteiger partial charge in [-0.25, -0.2) is 4.98 Å². The summed E-state index contributed by atoms with van der Waals surface area (Å²) < 4.78 is 5.51. The molecule has 0 saturated carbocycles. The van der Waals surface area contributed by atoms with Crippen molar-refractivity contribution in [3.63, 3.8) is 0 Å². The van der Waals surface area contributed by atoms with Crippen molar-refractivity contribution in [2.24, 2.45) is 5.73 Å². The molecule has 2 rings (SSSR count). The molecule has 1 fully saturated rings. The van der Waals surface area contributed by atoms with Gasteiger partial charge in [-0.3, -0.25) is 4.79 Å². The molecule has 6 heteroatoms. The molecule has 19 heavy (non-hydrogen) atoms. The molecule has 0 aromatic carbocycles. The summed E-state index contributed by atoms with van der Waals surface area (Å²) in [4.78, 5) is 17.4. The minimum Gasteiger partial charge on any atom is -0.394 e. The lowest BCUT2D eigenvalue weighted by molar-refractivity contribution is 0.0158. The van der Waals surface area contributed by atoms with Crippen molar-refractivity contribution in [1.82, 2.24) is 4.98 Å². The average Bonchev–Trinajstić information content (AvgIpc) is 2.46. The maximum atomic E-state index is 11.0. The van der Waals surface area contributed by atoms with E-state index in [2.05, 4.69) is 9.88 Å². The maximum Gasteiger partial charge on any atom is 0.250 e. The zero-order valence-electron chi connectivity index (χ0n) is 10.8. The highest BCUT2D eigenvalue weighted by molar-refractivity contribution is 5.92. The number of piperidine rings is 1. The van der Waals surface area contributed by atoms with Gasteiger partial charge >= 0.3 is 0 Å². The molecule has 104 valence electrons. The van der Waals surface area contributed by atoms with Crippen LogP contribution in [0.2, 0.25) is 0 Å². The first-order valence-electron chi connectivity index (χ1n) is 6.44. The lowest BCUT2D eigenvalue weighted by Gasteiger charge is -2.32. The molecule has 3 N–H and O–H groups in total. The van der Waals surface area contributed by atoms with Crippen molar-refractivity contribution >= 4 is 11.7 Å². The van der Waals surface area contributed by atoms with Gasteiger partial charge in [-0.05, 0) is 25.0 Å². The minimum atomic E-state index is -0.463. The SMILES string of the molecule is NC(=O)c1ccc(N2CCC(OCCO)CC2)nc1. The third-order valence-corrected chi connectivity index (χ3v) is 3.24. The second-order valence-corrected chi connectivity index (χ2v) is 4.55. The van der Waals surface area contributed by atoms with Crippen molar-refractivity contribution in [2.75, 3.05) is 31.2 Å². The van der Waals surface area contributed by atoms with Crippen molar-refractivity contribution in [2.45, 2.75) is 18.9 Å². The molecule has 0 aliphatic carbocycles. The van der Waals surface area contributed by atoms with Crippen LogP contribution in [-0.4, -0.2) is 48.4 Å². The number of ether oxygens (including phenoxy) is 1. The summed E-state index contributed by atoms with van der Waals surface area (Å²) in [6.45, 7) is 2.19. The molecule has 0 unspecified atom stereocenters. The van der Waals surface area contributed by atoms with E-state index in [9.17, 15) is 4.79 Å². The van der Waals surface area contributed by atoms with Crippen molar-refractivity contribution in [3.8, 4) is 0 Å². The summed E-state index contributed by atoms with van der Waals surface area (Å²) in [5, 5.41) is 8.71. The Kier molecular flexibility index (Phi) is 4.70. The van der Waals surface area contributed by atoms with E-state index in [0.29, 0.717) is 12.2 Å². The Hall–Kier alpha value is -1.66. The van der Waals surface area contributed by atoms with Gasteiger partial charge in [-0.15, -0.1) is 0 Å². The molecular formula is C13H19N3O3. The molecule has 1 aromatic rings. The highest BCUT2D eigenvalue weighted by Gasteiger charge is 2.20. The van der Waals surface area contributed by atoms with Gasteiger partial charge in [-0.1, -0.05) is 0 Å². The number of hydrogen-bond acceptors (Lipinski definition) is 5. The zero-order chi connectivity index (χ0) is 13.7. The number of amides is 1. The van der Waals surface area contributed by atoms with E-state index in [1.54, 1.807) is 6.07 Å². The molecule has 0 bridgehead atoms. The molecule has 0 spiro atoms. The molecular weight excluding hydrogens is 246 g/mol. The molecule has 1 amide bonds. The van der Waals surface area contributed by atoms with Crippen LogP contribution in [0, 0.1) is 0 Å². The summed E-state index contributed by atoms with van der Waals surface area (Å²) in [6.07, 6.45) is 3.55. The number of aliphatic hydroxyl groups is 1.